The van der Waals surface area contributed by atoms with E-state index in [2.05, 4.69) is 9.97 Å². The van der Waals surface area contributed by atoms with Crippen molar-refractivity contribution in [2.45, 2.75) is 6.54 Å². The molecule has 0 bridgehead atoms. The first-order valence-electron chi connectivity index (χ1n) is 2.39. The van der Waals surface area contributed by atoms with Crippen molar-refractivity contribution in [2.75, 3.05) is 0 Å². The van der Waals surface area contributed by atoms with Crippen LogP contribution in [0.5, 0.6) is 0 Å². The van der Waals surface area contributed by atoms with Gasteiger partial charge >= 0.3 is 0 Å². The predicted octanol–water partition coefficient (Wildman–Crippen LogP) is -0.889. The van der Waals surface area contributed by atoms with E-state index in [1.54, 1.807) is 18.5 Å². The summed E-state index contributed by atoms with van der Waals surface area (Å²) in [5, 5.41) is 0. The van der Waals surface area contributed by atoms with E-state index in [4.69, 9.17) is 5.73 Å². The molecule has 4 N–H and O–H groups in total. The third kappa shape index (κ3) is 2.16. The van der Waals surface area contributed by atoms with Gasteiger partial charge in [-0.2, -0.15) is 0 Å². The molecule has 1 aromatic rings. The molecule has 0 saturated heterocycles. The van der Waals surface area contributed by atoms with Crippen LogP contribution in [0.1, 0.15) is 5.82 Å². The summed E-state index contributed by atoms with van der Waals surface area (Å²) in [6, 6.07) is 1.76. The standard InChI is InChI=1S/C5H7N3.H2O/c6-4-5-7-2-1-3-8-5;/h1-3H,4,6H2;1H2. The van der Waals surface area contributed by atoms with Gasteiger partial charge in [-0.05, 0) is 6.07 Å². The van der Waals surface area contributed by atoms with Gasteiger partial charge in [0.05, 0.1) is 6.54 Å². The molecule has 0 radical (unpaired) electrons. The van der Waals surface area contributed by atoms with Crippen molar-refractivity contribution < 1.29 is 5.48 Å². The first-order chi connectivity index (χ1) is 3.93. The summed E-state index contributed by atoms with van der Waals surface area (Å²) in [4.78, 5) is 7.72. The summed E-state index contributed by atoms with van der Waals surface area (Å²) in [5.41, 5.74) is 5.22. The van der Waals surface area contributed by atoms with Crippen LogP contribution in [0.15, 0.2) is 18.5 Å². The summed E-state index contributed by atoms with van der Waals surface area (Å²) < 4.78 is 0. The molecule has 4 heteroatoms. The van der Waals surface area contributed by atoms with Gasteiger partial charge in [0, 0.05) is 12.4 Å². The zero-order valence-corrected chi connectivity index (χ0v) is 4.91. The van der Waals surface area contributed by atoms with Crippen LogP contribution in [0.3, 0.4) is 0 Å². The van der Waals surface area contributed by atoms with Crippen LogP contribution in [0, 0.1) is 0 Å². The second-order valence-corrected chi connectivity index (χ2v) is 1.37. The number of nitrogens with zero attached hydrogens (tertiary/aromatic N) is 2. The molecule has 0 fully saturated rings. The second kappa shape index (κ2) is 3.94. The molecule has 0 saturated carbocycles. The number of hydrogen-bond acceptors (Lipinski definition) is 3. The van der Waals surface area contributed by atoms with E-state index in [1.165, 1.54) is 0 Å². The zero-order chi connectivity index (χ0) is 5.82. The Hall–Kier alpha value is -1.00. The molecule has 0 aliphatic carbocycles. The van der Waals surface area contributed by atoms with Crippen molar-refractivity contribution in [1.29, 1.82) is 0 Å². The molecule has 0 amide bonds. The molecule has 9 heavy (non-hydrogen) atoms. The molecule has 50 valence electrons. The predicted molar refractivity (Wildman–Crippen MR) is 33.5 cm³/mol. The summed E-state index contributed by atoms with van der Waals surface area (Å²) in [7, 11) is 0. The number of hydrogen-bond donors (Lipinski definition) is 1. The maximum atomic E-state index is 5.22. The quantitative estimate of drug-likeness (QED) is 0.531. The maximum absolute atomic E-state index is 5.22. The summed E-state index contributed by atoms with van der Waals surface area (Å²) in [6.45, 7) is 0.418. The largest absolute Gasteiger partial charge is 0.412 e. The smallest absolute Gasteiger partial charge is 0.141 e. The van der Waals surface area contributed by atoms with E-state index in [9.17, 15) is 0 Å². The lowest BCUT2D eigenvalue weighted by Gasteiger charge is -1.88. The van der Waals surface area contributed by atoms with E-state index in [0.29, 0.717) is 12.4 Å². The minimum atomic E-state index is 0. The van der Waals surface area contributed by atoms with Crippen LogP contribution < -0.4 is 5.73 Å². The summed E-state index contributed by atoms with van der Waals surface area (Å²) in [6.07, 6.45) is 3.35. The highest BCUT2D eigenvalue weighted by Crippen LogP contribution is 1.81. The molecule has 1 heterocycles. The Morgan fingerprint density at radius 3 is 2.22 bits per heavy atom. The second-order valence-electron chi connectivity index (χ2n) is 1.37. The van der Waals surface area contributed by atoms with Gasteiger partial charge in [-0.25, -0.2) is 9.97 Å². The minimum Gasteiger partial charge on any atom is -0.412 e. The first-order valence-corrected chi connectivity index (χ1v) is 2.39. The lowest BCUT2D eigenvalue weighted by Crippen LogP contribution is -2.00. The Bertz CT molecular complexity index is 154. The molecule has 0 aliphatic heterocycles. The van der Waals surface area contributed by atoms with Crippen molar-refractivity contribution in [3.8, 4) is 0 Å². The van der Waals surface area contributed by atoms with Crippen molar-refractivity contribution >= 4 is 0 Å². The average Bonchev–Trinajstić information content (AvgIpc) is 1.90. The van der Waals surface area contributed by atoms with Gasteiger partial charge in [0.2, 0.25) is 0 Å². The molecule has 0 atom stereocenters. The Labute approximate surface area is 53.1 Å². The summed E-state index contributed by atoms with van der Waals surface area (Å²) in [5.74, 6) is 0.688. The van der Waals surface area contributed by atoms with Crippen molar-refractivity contribution in [2.24, 2.45) is 5.73 Å². The fourth-order valence-electron chi connectivity index (χ4n) is 0.435. The van der Waals surface area contributed by atoms with Gasteiger partial charge in [0.25, 0.3) is 0 Å². The van der Waals surface area contributed by atoms with Gasteiger partial charge in [-0.3, -0.25) is 0 Å². The Kier molecular flexibility index (Phi) is 3.50. The Morgan fingerprint density at radius 2 is 1.89 bits per heavy atom. The SMILES string of the molecule is NCc1ncccn1.O. The number of nitrogens with two attached hydrogens (primary N) is 1. The third-order valence-corrected chi connectivity index (χ3v) is 0.802. The van der Waals surface area contributed by atoms with Crippen molar-refractivity contribution in [3.63, 3.8) is 0 Å². The molecule has 0 spiro atoms. The van der Waals surface area contributed by atoms with Crippen LogP contribution >= 0.6 is 0 Å². The van der Waals surface area contributed by atoms with Crippen LogP contribution in [-0.4, -0.2) is 15.4 Å². The average molecular weight is 127 g/mol. The molecule has 1 rings (SSSR count). The fourth-order valence-corrected chi connectivity index (χ4v) is 0.435. The van der Waals surface area contributed by atoms with E-state index in [0.717, 1.165) is 0 Å². The van der Waals surface area contributed by atoms with Crippen LogP contribution in [0.4, 0.5) is 0 Å². The van der Waals surface area contributed by atoms with Crippen LogP contribution in [-0.2, 0) is 6.54 Å². The Morgan fingerprint density at radius 1 is 1.33 bits per heavy atom. The zero-order valence-electron chi connectivity index (χ0n) is 4.91. The van der Waals surface area contributed by atoms with E-state index in [1.807, 2.05) is 0 Å². The van der Waals surface area contributed by atoms with E-state index >= 15 is 0 Å². The van der Waals surface area contributed by atoms with Crippen molar-refractivity contribution in [1.82, 2.24) is 9.97 Å². The fraction of sp³-hybridized carbons (Fsp3) is 0.200. The molecule has 0 aromatic carbocycles. The van der Waals surface area contributed by atoms with Gasteiger partial charge in [0.1, 0.15) is 5.82 Å². The first kappa shape index (κ1) is 8.00. The van der Waals surface area contributed by atoms with Gasteiger partial charge < -0.3 is 11.2 Å². The normalized spacial score (nSPS) is 8.11. The van der Waals surface area contributed by atoms with Crippen molar-refractivity contribution in [3.05, 3.63) is 24.3 Å². The highest BCUT2D eigenvalue weighted by molar-refractivity contribution is 4.86. The van der Waals surface area contributed by atoms with Gasteiger partial charge in [0.15, 0.2) is 0 Å². The molecule has 4 nitrogen and oxygen atoms in total. The molecular formula is C5H9N3O. The van der Waals surface area contributed by atoms with Crippen LogP contribution in [0.25, 0.3) is 0 Å². The minimum absolute atomic E-state index is 0. The summed E-state index contributed by atoms with van der Waals surface area (Å²) >= 11 is 0. The maximum Gasteiger partial charge on any atom is 0.141 e. The topological polar surface area (TPSA) is 83.3 Å². The van der Waals surface area contributed by atoms with E-state index in [-0.39, 0.29) is 5.48 Å². The molecule has 1 aromatic heterocycles. The third-order valence-electron chi connectivity index (χ3n) is 0.802. The van der Waals surface area contributed by atoms with Crippen LogP contribution in [0.2, 0.25) is 0 Å². The highest BCUT2D eigenvalue weighted by Gasteiger charge is 1.83. The molecular weight excluding hydrogens is 118 g/mol. The number of rotatable bonds is 1. The monoisotopic (exact) mass is 127 g/mol. The lowest BCUT2D eigenvalue weighted by molar-refractivity contribution is 0.824. The van der Waals surface area contributed by atoms with E-state index < -0.39 is 0 Å². The van der Waals surface area contributed by atoms with Gasteiger partial charge in [-0.15, -0.1) is 0 Å². The lowest BCUT2D eigenvalue weighted by atomic mass is 10.6. The Balaban J connectivity index is 0.000000640. The molecule has 0 aliphatic rings. The number of aromatic nitrogens is 2. The van der Waals surface area contributed by atoms with Gasteiger partial charge in [-0.1, -0.05) is 0 Å². The highest BCUT2D eigenvalue weighted by atomic mass is 16.0. The molecule has 0 unspecified atom stereocenters.